The molecule has 0 aliphatic carbocycles. The number of hydrogen-bond acceptors (Lipinski definition) is 4. The summed E-state index contributed by atoms with van der Waals surface area (Å²) in [6.07, 6.45) is 0. The fourth-order valence-corrected chi connectivity index (χ4v) is 3.12. The molecule has 0 saturated heterocycles. The van der Waals surface area contributed by atoms with Crippen LogP contribution in [0.2, 0.25) is 0 Å². The van der Waals surface area contributed by atoms with Gasteiger partial charge in [-0.2, -0.15) is 9.57 Å². The van der Waals surface area contributed by atoms with Crippen molar-refractivity contribution in [2.24, 2.45) is 5.73 Å². The monoisotopic (exact) mass is 267 g/mol. The van der Waals surface area contributed by atoms with Gasteiger partial charge in [-0.1, -0.05) is 12.1 Å². The van der Waals surface area contributed by atoms with Gasteiger partial charge in [0.15, 0.2) is 0 Å². The number of likely N-dealkylation sites (N-methyl/N-ethyl adjacent to an activating group) is 1. The van der Waals surface area contributed by atoms with Crippen LogP contribution in [0.1, 0.15) is 18.1 Å². The van der Waals surface area contributed by atoms with Crippen molar-refractivity contribution in [1.29, 1.82) is 5.26 Å². The fourth-order valence-electron chi connectivity index (χ4n) is 1.54. The Kier molecular flexibility index (Phi) is 4.46. The van der Waals surface area contributed by atoms with Gasteiger partial charge in [0.05, 0.1) is 5.56 Å². The molecule has 0 spiro atoms. The van der Waals surface area contributed by atoms with E-state index in [9.17, 15) is 8.42 Å². The topological polar surface area (TPSA) is 87.2 Å². The van der Waals surface area contributed by atoms with E-state index in [1.807, 2.05) is 6.07 Å². The van der Waals surface area contributed by atoms with Gasteiger partial charge in [-0.05, 0) is 25.5 Å². The Morgan fingerprint density at radius 1 is 1.50 bits per heavy atom. The van der Waals surface area contributed by atoms with E-state index in [-0.39, 0.29) is 23.0 Å². The highest BCUT2D eigenvalue weighted by Crippen LogP contribution is 2.22. The van der Waals surface area contributed by atoms with E-state index < -0.39 is 10.0 Å². The maximum Gasteiger partial charge on any atom is 0.244 e. The fraction of sp³-hybridized carbons (Fsp3) is 0.417. The first kappa shape index (κ1) is 14.6. The third-order valence-corrected chi connectivity index (χ3v) is 4.98. The minimum atomic E-state index is -3.68. The van der Waals surface area contributed by atoms with Crippen molar-refractivity contribution in [3.8, 4) is 6.07 Å². The molecule has 0 radical (unpaired) electrons. The van der Waals surface area contributed by atoms with Gasteiger partial charge in [0, 0.05) is 19.6 Å². The quantitative estimate of drug-likeness (QED) is 0.875. The van der Waals surface area contributed by atoms with E-state index in [1.165, 1.54) is 17.4 Å². The summed E-state index contributed by atoms with van der Waals surface area (Å²) in [5, 5.41) is 9.08. The molecule has 18 heavy (non-hydrogen) atoms. The van der Waals surface area contributed by atoms with Gasteiger partial charge >= 0.3 is 0 Å². The van der Waals surface area contributed by atoms with Gasteiger partial charge in [0.25, 0.3) is 0 Å². The number of nitrogens with two attached hydrogens (primary N) is 1. The van der Waals surface area contributed by atoms with Gasteiger partial charge in [-0.15, -0.1) is 0 Å². The van der Waals surface area contributed by atoms with Crippen molar-refractivity contribution < 1.29 is 8.42 Å². The first-order valence-corrected chi connectivity index (χ1v) is 6.98. The van der Waals surface area contributed by atoms with Gasteiger partial charge in [0.1, 0.15) is 11.0 Å². The predicted octanol–water partition coefficient (Wildman–Crippen LogP) is 0.834. The number of benzene rings is 1. The van der Waals surface area contributed by atoms with E-state index >= 15 is 0 Å². The smallest absolute Gasteiger partial charge is 0.244 e. The Morgan fingerprint density at radius 3 is 2.61 bits per heavy atom. The number of hydrogen-bond donors (Lipinski definition) is 1. The molecule has 0 heterocycles. The maximum absolute atomic E-state index is 12.4. The summed E-state index contributed by atoms with van der Waals surface area (Å²) >= 11 is 0. The van der Waals surface area contributed by atoms with E-state index in [1.54, 1.807) is 26.0 Å². The molecule has 0 saturated carbocycles. The lowest BCUT2D eigenvalue weighted by Gasteiger charge is -2.23. The molecule has 0 amide bonds. The van der Waals surface area contributed by atoms with Crippen LogP contribution in [0, 0.1) is 18.3 Å². The van der Waals surface area contributed by atoms with Crippen LogP contribution in [0.15, 0.2) is 23.1 Å². The zero-order chi connectivity index (χ0) is 13.9. The van der Waals surface area contributed by atoms with E-state index in [2.05, 4.69) is 0 Å². The molecular formula is C12H17N3O2S. The SMILES string of the molecule is Cc1cccc(S(=O)(=O)N(C)C(C)CN)c1C#N. The molecule has 5 nitrogen and oxygen atoms in total. The maximum atomic E-state index is 12.4. The van der Waals surface area contributed by atoms with Gasteiger partial charge in [0.2, 0.25) is 10.0 Å². The summed E-state index contributed by atoms with van der Waals surface area (Å²) in [5.41, 5.74) is 6.31. The Morgan fingerprint density at radius 2 is 2.11 bits per heavy atom. The highest BCUT2D eigenvalue weighted by atomic mass is 32.2. The summed E-state index contributed by atoms with van der Waals surface area (Å²) in [4.78, 5) is 0.0350. The van der Waals surface area contributed by atoms with Crippen molar-refractivity contribution in [3.63, 3.8) is 0 Å². The molecule has 0 aromatic heterocycles. The number of nitrogens with zero attached hydrogens (tertiary/aromatic N) is 2. The van der Waals surface area contributed by atoms with E-state index in [0.717, 1.165) is 0 Å². The predicted molar refractivity (Wildman–Crippen MR) is 69.4 cm³/mol. The molecule has 2 N–H and O–H groups in total. The molecule has 1 aromatic rings. The second kappa shape index (κ2) is 5.48. The second-order valence-electron chi connectivity index (χ2n) is 4.17. The molecular weight excluding hydrogens is 250 g/mol. The van der Waals surface area contributed by atoms with Crippen LogP contribution in [0.5, 0.6) is 0 Å². The van der Waals surface area contributed by atoms with Crippen molar-refractivity contribution in [1.82, 2.24) is 4.31 Å². The summed E-state index contributed by atoms with van der Waals surface area (Å²) in [5.74, 6) is 0. The Bertz CT molecular complexity index is 575. The average Bonchev–Trinajstić information content (AvgIpc) is 2.36. The van der Waals surface area contributed by atoms with Crippen molar-refractivity contribution in [3.05, 3.63) is 29.3 Å². The molecule has 0 fully saturated rings. The minimum Gasteiger partial charge on any atom is -0.329 e. The number of aryl methyl sites for hydroxylation is 1. The Balaban J connectivity index is 3.39. The Labute approximate surface area is 108 Å². The van der Waals surface area contributed by atoms with Gasteiger partial charge in [-0.25, -0.2) is 8.42 Å². The van der Waals surface area contributed by atoms with Gasteiger partial charge < -0.3 is 5.73 Å². The zero-order valence-corrected chi connectivity index (χ0v) is 11.5. The molecule has 1 atom stereocenters. The van der Waals surface area contributed by atoms with Crippen LogP contribution in [-0.4, -0.2) is 32.4 Å². The van der Waals surface area contributed by atoms with Crippen LogP contribution in [-0.2, 0) is 10.0 Å². The first-order valence-electron chi connectivity index (χ1n) is 5.54. The summed E-state index contributed by atoms with van der Waals surface area (Å²) < 4.78 is 26.0. The normalized spacial score (nSPS) is 13.3. The molecule has 1 unspecified atom stereocenters. The van der Waals surface area contributed by atoms with E-state index in [0.29, 0.717) is 5.56 Å². The standard InChI is InChI=1S/C12H17N3O2S/c1-9-5-4-6-12(11(9)8-14)18(16,17)15(3)10(2)7-13/h4-6,10H,7,13H2,1-3H3. The number of sulfonamides is 1. The molecule has 0 bridgehead atoms. The molecule has 0 aliphatic rings. The van der Waals surface area contributed by atoms with Crippen LogP contribution >= 0.6 is 0 Å². The first-order chi connectivity index (χ1) is 8.36. The lowest BCUT2D eigenvalue weighted by Crippen LogP contribution is -2.39. The van der Waals surface area contributed by atoms with E-state index in [4.69, 9.17) is 11.0 Å². The van der Waals surface area contributed by atoms with Crippen molar-refractivity contribution >= 4 is 10.0 Å². The minimum absolute atomic E-state index is 0.0350. The molecule has 1 aromatic carbocycles. The van der Waals surface area contributed by atoms with Gasteiger partial charge in [-0.3, -0.25) is 0 Å². The lowest BCUT2D eigenvalue weighted by atomic mass is 10.1. The van der Waals surface area contributed by atoms with Crippen molar-refractivity contribution in [2.75, 3.05) is 13.6 Å². The zero-order valence-electron chi connectivity index (χ0n) is 10.7. The summed E-state index contributed by atoms with van der Waals surface area (Å²) in [6.45, 7) is 3.66. The summed E-state index contributed by atoms with van der Waals surface area (Å²) in [7, 11) is -2.22. The van der Waals surface area contributed by atoms with Crippen LogP contribution in [0.4, 0.5) is 0 Å². The summed E-state index contributed by atoms with van der Waals surface area (Å²) in [6, 6.07) is 6.41. The molecule has 98 valence electrons. The highest BCUT2D eigenvalue weighted by Gasteiger charge is 2.27. The lowest BCUT2D eigenvalue weighted by molar-refractivity contribution is 0.394. The third-order valence-electron chi connectivity index (χ3n) is 2.97. The van der Waals surface area contributed by atoms with Crippen LogP contribution in [0.3, 0.4) is 0 Å². The van der Waals surface area contributed by atoms with Crippen LogP contribution < -0.4 is 5.73 Å². The second-order valence-corrected chi connectivity index (χ2v) is 6.13. The molecule has 0 aliphatic heterocycles. The average molecular weight is 267 g/mol. The number of rotatable bonds is 4. The number of nitriles is 1. The van der Waals surface area contributed by atoms with Crippen LogP contribution in [0.25, 0.3) is 0 Å². The Hall–Kier alpha value is -1.42. The largest absolute Gasteiger partial charge is 0.329 e. The third kappa shape index (κ3) is 2.53. The van der Waals surface area contributed by atoms with Crippen molar-refractivity contribution in [2.45, 2.75) is 24.8 Å². The molecule has 1 rings (SSSR count). The molecule has 6 heteroatoms. The highest BCUT2D eigenvalue weighted by molar-refractivity contribution is 7.89.